The lowest BCUT2D eigenvalue weighted by Gasteiger charge is -2.12. The fourth-order valence-corrected chi connectivity index (χ4v) is 2.35. The van der Waals surface area contributed by atoms with Gasteiger partial charge in [0.05, 0.1) is 5.69 Å². The molecule has 0 fully saturated rings. The molecule has 0 aliphatic rings. The molecule has 0 amide bonds. The first-order valence-corrected chi connectivity index (χ1v) is 7.64. The highest BCUT2D eigenvalue weighted by molar-refractivity contribution is 7.99. The van der Waals surface area contributed by atoms with E-state index in [9.17, 15) is 0 Å². The number of hydrogen-bond donors (Lipinski definition) is 1. The summed E-state index contributed by atoms with van der Waals surface area (Å²) in [6, 6.07) is 3.11. The lowest BCUT2D eigenvalue weighted by atomic mass is 10.2. The van der Waals surface area contributed by atoms with E-state index in [1.54, 1.807) is 0 Å². The van der Waals surface area contributed by atoms with Gasteiger partial charge in [0, 0.05) is 24.8 Å². The second-order valence-electron chi connectivity index (χ2n) is 4.65. The van der Waals surface area contributed by atoms with Gasteiger partial charge in [-0.15, -0.1) is 0 Å². The van der Waals surface area contributed by atoms with Crippen LogP contribution in [0.2, 0.25) is 0 Å². The molecule has 1 heterocycles. The normalized spacial score (nSPS) is 13.2. The van der Waals surface area contributed by atoms with E-state index in [0.717, 1.165) is 12.2 Å². The molecular weight excluding hydrogens is 230 g/mol. The first-order valence-electron chi connectivity index (χ1n) is 6.48. The van der Waals surface area contributed by atoms with E-state index in [0.29, 0.717) is 12.1 Å². The second-order valence-corrected chi connectivity index (χ2v) is 6.04. The van der Waals surface area contributed by atoms with Crippen molar-refractivity contribution in [3.8, 4) is 0 Å². The molecule has 0 aliphatic heterocycles. The molecule has 1 aromatic heterocycles. The van der Waals surface area contributed by atoms with Crippen LogP contribution >= 0.6 is 11.8 Å². The third-order valence-electron chi connectivity index (χ3n) is 2.72. The number of nitrogens with one attached hydrogen (secondary N) is 1. The highest BCUT2D eigenvalue weighted by Gasteiger charge is 2.04. The Morgan fingerprint density at radius 3 is 2.76 bits per heavy atom. The Morgan fingerprint density at radius 1 is 1.41 bits per heavy atom. The third-order valence-corrected chi connectivity index (χ3v) is 3.66. The lowest BCUT2D eigenvalue weighted by Crippen LogP contribution is -2.26. The summed E-state index contributed by atoms with van der Waals surface area (Å²) in [5.74, 6) is 2.45. The second kappa shape index (κ2) is 7.77. The van der Waals surface area contributed by atoms with Crippen molar-refractivity contribution in [2.24, 2.45) is 0 Å². The van der Waals surface area contributed by atoms with E-state index in [2.05, 4.69) is 50.4 Å². The first-order chi connectivity index (χ1) is 8.13. The van der Waals surface area contributed by atoms with E-state index in [4.69, 9.17) is 0 Å². The fourth-order valence-electron chi connectivity index (χ4n) is 1.54. The Balaban J connectivity index is 2.24. The van der Waals surface area contributed by atoms with Crippen molar-refractivity contribution in [3.63, 3.8) is 0 Å². The van der Waals surface area contributed by atoms with Crippen LogP contribution in [0.15, 0.2) is 12.3 Å². The maximum Gasteiger partial charge on any atom is 0.0762 e. The molecule has 0 radical (unpaired) electrons. The monoisotopic (exact) mass is 255 g/mol. The van der Waals surface area contributed by atoms with Crippen LogP contribution in [0, 0.1) is 0 Å². The van der Waals surface area contributed by atoms with Gasteiger partial charge in [0.1, 0.15) is 0 Å². The first kappa shape index (κ1) is 14.6. The van der Waals surface area contributed by atoms with Crippen molar-refractivity contribution in [1.82, 2.24) is 15.1 Å². The van der Waals surface area contributed by atoms with E-state index >= 15 is 0 Å². The van der Waals surface area contributed by atoms with Crippen molar-refractivity contribution in [1.29, 1.82) is 0 Å². The van der Waals surface area contributed by atoms with Gasteiger partial charge in [-0.2, -0.15) is 16.9 Å². The smallest absolute Gasteiger partial charge is 0.0762 e. The standard InChI is InChI=1S/C13H25N3S/c1-5-17-9-7-12(4)14-10-13-6-8-16(15-13)11(2)3/h6,8,11-12,14H,5,7,9-10H2,1-4H3. The predicted molar refractivity (Wildman–Crippen MR) is 76.5 cm³/mol. The van der Waals surface area contributed by atoms with Crippen molar-refractivity contribution in [3.05, 3.63) is 18.0 Å². The molecule has 0 spiro atoms. The van der Waals surface area contributed by atoms with Gasteiger partial charge >= 0.3 is 0 Å². The van der Waals surface area contributed by atoms with Crippen LogP contribution in [0.1, 0.15) is 45.9 Å². The van der Waals surface area contributed by atoms with Gasteiger partial charge in [0.15, 0.2) is 0 Å². The zero-order valence-electron chi connectivity index (χ0n) is 11.4. The molecule has 1 rings (SSSR count). The van der Waals surface area contributed by atoms with Crippen molar-refractivity contribution in [2.75, 3.05) is 11.5 Å². The highest BCUT2D eigenvalue weighted by Crippen LogP contribution is 2.06. The summed E-state index contributed by atoms with van der Waals surface area (Å²) in [7, 11) is 0. The van der Waals surface area contributed by atoms with Crippen LogP contribution in [-0.4, -0.2) is 27.3 Å². The molecule has 3 nitrogen and oxygen atoms in total. The molecule has 0 aliphatic carbocycles. The minimum Gasteiger partial charge on any atom is -0.309 e. The van der Waals surface area contributed by atoms with Crippen LogP contribution in [0.4, 0.5) is 0 Å². The van der Waals surface area contributed by atoms with E-state index in [-0.39, 0.29) is 0 Å². The van der Waals surface area contributed by atoms with Gasteiger partial charge in [0.2, 0.25) is 0 Å². The fraction of sp³-hybridized carbons (Fsp3) is 0.769. The molecule has 1 aromatic rings. The minimum atomic E-state index is 0.446. The Kier molecular flexibility index (Phi) is 6.66. The Bertz CT molecular complexity index is 309. The number of rotatable bonds is 8. The van der Waals surface area contributed by atoms with Crippen LogP contribution in [0.25, 0.3) is 0 Å². The van der Waals surface area contributed by atoms with Gasteiger partial charge in [-0.25, -0.2) is 0 Å². The third kappa shape index (κ3) is 5.59. The molecule has 98 valence electrons. The molecule has 0 aromatic carbocycles. The van der Waals surface area contributed by atoms with Gasteiger partial charge in [-0.3, -0.25) is 4.68 Å². The van der Waals surface area contributed by atoms with Gasteiger partial charge in [-0.05, 0) is 44.8 Å². The van der Waals surface area contributed by atoms with Crippen LogP contribution in [0.5, 0.6) is 0 Å². The average Bonchev–Trinajstić information content (AvgIpc) is 2.75. The molecule has 1 atom stereocenters. The van der Waals surface area contributed by atoms with Crippen LogP contribution in [0.3, 0.4) is 0 Å². The maximum absolute atomic E-state index is 4.53. The van der Waals surface area contributed by atoms with Crippen molar-refractivity contribution < 1.29 is 0 Å². The minimum absolute atomic E-state index is 0.446. The molecule has 0 saturated carbocycles. The summed E-state index contributed by atoms with van der Waals surface area (Å²) in [5, 5.41) is 8.05. The molecular formula is C13H25N3S. The van der Waals surface area contributed by atoms with Gasteiger partial charge in [0.25, 0.3) is 0 Å². The molecule has 1 N–H and O–H groups in total. The average molecular weight is 255 g/mol. The summed E-state index contributed by atoms with van der Waals surface area (Å²) in [6.45, 7) is 9.62. The van der Waals surface area contributed by atoms with Crippen LogP contribution < -0.4 is 5.32 Å². The zero-order chi connectivity index (χ0) is 12.7. The van der Waals surface area contributed by atoms with Gasteiger partial charge < -0.3 is 5.32 Å². The Hall–Kier alpha value is -0.480. The summed E-state index contributed by atoms with van der Waals surface area (Å²) in [6.07, 6.45) is 3.28. The molecule has 0 bridgehead atoms. The predicted octanol–water partition coefficient (Wildman–Crippen LogP) is 3.09. The van der Waals surface area contributed by atoms with Crippen molar-refractivity contribution >= 4 is 11.8 Å². The molecule has 1 unspecified atom stereocenters. The number of aromatic nitrogens is 2. The highest BCUT2D eigenvalue weighted by atomic mass is 32.2. The number of hydrogen-bond acceptors (Lipinski definition) is 3. The van der Waals surface area contributed by atoms with E-state index in [1.807, 2.05) is 16.4 Å². The van der Waals surface area contributed by atoms with Crippen molar-refractivity contribution in [2.45, 2.75) is 52.7 Å². The summed E-state index contributed by atoms with van der Waals surface area (Å²) in [5.41, 5.74) is 1.13. The SMILES string of the molecule is CCSCCC(C)NCc1ccn(C(C)C)n1. The zero-order valence-corrected chi connectivity index (χ0v) is 12.3. The molecule has 17 heavy (non-hydrogen) atoms. The summed E-state index contributed by atoms with van der Waals surface area (Å²) < 4.78 is 2.01. The Labute approximate surface area is 109 Å². The maximum atomic E-state index is 4.53. The Morgan fingerprint density at radius 2 is 2.18 bits per heavy atom. The van der Waals surface area contributed by atoms with E-state index in [1.165, 1.54) is 17.9 Å². The molecule has 4 heteroatoms. The van der Waals surface area contributed by atoms with E-state index < -0.39 is 0 Å². The molecule has 0 saturated heterocycles. The lowest BCUT2D eigenvalue weighted by molar-refractivity contribution is 0.503. The number of thioether (sulfide) groups is 1. The van der Waals surface area contributed by atoms with Gasteiger partial charge in [-0.1, -0.05) is 6.92 Å². The summed E-state index contributed by atoms with van der Waals surface area (Å²) in [4.78, 5) is 0. The quantitative estimate of drug-likeness (QED) is 0.724. The number of nitrogens with zero attached hydrogens (tertiary/aromatic N) is 2. The largest absolute Gasteiger partial charge is 0.309 e. The summed E-state index contributed by atoms with van der Waals surface area (Å²) >= 11 is 2.01. The topological polar surface area (TPSA) is 29.9 Å². The van der Waals surface area contributed by atoms with Crippen LogP contribution in [-0.2, 0) is 6.54 Å².